The lowest BCUT2D eigenvalue weighted by molar-refractivity contribution is -0.144. The molecule has 2 saturated carbocycles. The number of aliphatic carboxylic acids is 1. The third-order valence-corrected chi connectivity index (χ3v) is 4.53. The average molecular weight is 268 g/mol. The summed E-state index contributed by atoms with van der Waals surface area (Å²) < 4.78 is 0. The average Bonchev–Trinajstić information content (AvgIpc) is 2.34. The highest BCUT2D eigenvalue weighted by atomic mass is 16.4. The first-order chi connectivity index (χ1) is 9.16. The van der Waals surface area contributed by atoms with Crippen molar-refractivity contribution in [2.24, 2.45) is 17.8 Å². The van der Waals surface area contributed by atoms with Crippen LogP contribution in [0.25, 0.3) is 0 Å². The highest BCUT2D eigenvalue weighted by molar-refractivity contribution is 5.74. The monoisotopic (exact) mass is 268 g/mol. The number of hydrogen-bond donors (Lipinski definition) is 3. The molecule has 3 N–H and O–H groups in total. The highest BCUT2D eigenvalue weighted by Crippen LogP contribution is 2.29. The van der Waals surface area contributed by atoms with Crippen molar-refractivity contribution in [3.05, 3.63) is 0 Å². The minimum absolute atomic E-state index is 0.0840. The highest BCUT2D eigenvalue weighted by Gasteiger charge is 2.30. The van der Waals surface area contributed by atoms with Gasteiger partial charge in [0, 0.05) is 13.1 Å². The minimum Gasteiger partial charge on any atom is -0.481 e. The van der Waals surface area contributed by atoms with E-state index < -0.39 is 5.97 Å². The normalized spacial score (nSPS) is 27.4. The number of carbonyl (C=O) groups is 2. The Morgan fingerprint density at radius 3 is 2.26 bits per heavy atom. The lowest BCUT2D eigenvalue weighted by Crippen LogP contribution is -2.43. The molecule has 2 rings (SSSR count). The predicted molar refractivity (Wildman–Crippen MR) is 71.8 cm³/mol. The fraction of sp³-hybridized carbons (Fsp3) is 0.857. The molecule has 2 amide bonds. The van der Waals surface area contributed by atoms with E-state index in [1.165, 1.54) is 19.3 Å². The van der Waals surface area contributed by atoms with E-state index in [-0.39, 0.29) is 17.9 Å². The van der Waals surface area contributed by atoms with E-state index in [1.54, 1.807) is 0 Å². The molecule has 2 atom stereocenters. The van der Waals surface area contributed by atoms with Crippen molar-refractivity contribution in [3.63, 3.8) is 0 Å². The summed E-state index contributed by atoms with van der Waals surface area (Å²) in [6, 6.07) is -0.151. The van der Waals surface area contributed by atoms with Gasteiger partial charge in [-0.1, -0.05) is 19.3 Å². The van der Waals surface area contributed by atoms with Crippen LogP contribution < -0.4 is 10.6 Å². The third-order valence-electron chi connectivity index (χ3n) is 4.53. The number of amides is 2. The van der Waals surface area contributed by atoms with Gasteiger partial charge >= 0.3 is 12.0 Å². The Morgan fingerprint density at radius 1 is 0.947 bits per heavy atom. The SMILES string of the molecule is O=C(NCC1CCC1)NCC1CCCCC1C(=O)O. The quantitative estimate of drug-likeness (QED) is 0.713. The van der Waals surface area contributed by atoms with Crippen molar-refractivity contribution in [2.45, 2.75) is 44.9 Å². The summed E-state index contributed by atoms with van der Waals surface area (Å²) in [5.41, 5.74) is 0. The summed E-state index contributed by atoms with van der Waals surface area (Å²) in [6.07, 6.45) is 7.40. The molecule has 2 unspecified atom stereocenters. The number of urea groups is 1. The van der Waals surface area contributed by atoms with Crippen LogP contribution in [-0.2, 0) is 4.79 Å². The molecule has 5 nitrogen and oxygen atoms in total. The van der Waals surface area contributed by atoms with Gasteiger partial charge in [0.25, 0.3) is 0 Å². The Hall–Kier alpha value is -1.26. The van der Waals surface area contributed by atoms with E-state index in [4.69, 9.17) is 5.11 Å². The van der Waals surface area contributed by atoms with E-state index in [0.717, 1.165) is 32.2 Å². The molecular formula is C14H24N2O3. The van der Waals surface area contributed by atoms with Crippen molar-refractivity contribution in [2.75, 3.05) is 13.1 Å². The minimum atomic E-state index is -0.721. The maximum atomic E-state index is 11.6. The molecule has 0 saturated heterocycles. The summed E-state index contributed by atoms with van der Waals surface area (Å²) in [6.45, 7) is 1.23. The first kappa shape index (κ1) is 14.2. The topological polar surface area (TPSA) is 78.4 Å². The van der Waals surface area contributed by atoms with Gasteiger partial charge in [-0.15, -0.1) is 0 Å². The van der Waals surface area contributed by atoms with Crippen molar-refractivity contribution < 1.29 is 14.7 Å². The molecule has 108 valence electrons. The molecule has 2 aliphatic carbocycles. The van der Waals surface area contributed by atoms with Crippen LogP contribution in [0.4, 0.5) is 4.79 Å². The van der Waals surface area contributed by atoms with Crippen LogP contribution in [-0.4, -0.2) is 30.2 Å². The van der Waals surface area contributed by atoms with Gasteiger partial charge in [-0.2, -0.15) is 0 Å². The van der Waals surface area contributed by atoms with Crippen LogP contribution in [0.15, 0.2) is 0 Å². The van der Waals surface area contributed by atoms with Gasteiger partial charge < -0.3 is 15.7 Å². The lowest BCUT2D eigenvalue weighted by Gasteiger charge is -2.29. The molecule has 5 heteroatoms. The summed E-state index contributed by atoms with van der Waals surface area (Å²) in [4.78, 5) is 22.8. The van der Waals surface area contributed by atoms with Crippen LogP contribution in [0.1, 0.15) is 44.9 Å². The largest absolute Gasteiger partial charge is 0.481 e. The maximum absolute atomic E-state index is 11.6. The van der Waals surface area contributed by atoms with Crippen LogP contribution in [0.3, 0.4) is 0 Å². The molecule has 19 heavy (non-hydrogen) atoms. The van der Waals surface area contributed by atoms with Gasteiger partial charge in [-0.25, -0.2) is 4.79 Å². The number of carboxylic acid groups (broad SMARTS) is 1. The molecule has 0 aromatic heterocycles. The van der Waals surface area contributed by atoms with E-state index >= 15 is 0 Å². The molecule has 0 bridgehead atoms. The standard InChI is InChI=1S/C14H24N2O3/c17-13(18)12-7-2-1-6-11(12)9-16-14(19)15-8-10-4-3-5-10/h10-12H,1-9H2,(H,17,18)(H2,15,16,19). The van der Waals surface area contributed by atoms with Gasteiger partial charge in [0.1, 0.15) is 0 Å². The Labute approximate surface area is 114 Å². The van der Waals surface area contributed by atoms with Crippen LogP contribution in [0, 0.1) is 17.8 Å². The van der Waals surface area contributed by atoms with E-state index in [0.29, 0.717) is 12.5 Å². The molecule has 2 aliphatic rings. The number of rotatable bonds is 5. The van der Waals surface area contributed by atoms with E-state index in [2.05, 4.69) is 10.6 Å². The van der Waals surface area contributed by atoms with Crippen molar-refractivity contribution in [3.8, 4) is 0 Å². The zero-order chi connectivity index (χ0) is 13.7. The predicted octanol–water partition coefficient (Wildman–Crippen LogP) is 1.98. The Bertz CT molecular complexity index is 329. The molecule has 0 aromatic carbocycles. The third kappa shape index (κ3) is 4.11. The van der Waals surface area contributed by atoms with Gasteiger partial charge in [-0.05, 0) is 37.5 Å². The van der Waals surface area contributed by atoms with Crippen LogP contribution in [0.2, 0.25) is 0 Å². The number of carbonyl (C=O) groups excluding carboxylic acids is 1. The molecule has 0 heterocycles. The lowest BCUT2D eigenvalue weighted by atomic mass is 9.79. The van der Waals surface area contributed by atoms with E-state index in [1.807, 2.05) is 0 Å². The number of hydrogen-bond acceptors (Lipinski definition) is 2. The molecule has 0 aliphatic heterocycles. The maximum Gasteiger partial charge on any atom is 0.314 e. The smallest absolute Gasteiger partial charge is 0.314 e. The van der Waals surface area contributed by atoms with Gasteiger partial charge in [0.2, 0.25) is 0 Å². The Morgan fingerprint density at radius 2 is 1.63 bits per heavy atom. The van der Waals surface area contributed by atoms with E-state index in [9.17, 15) is 9.59 Å². The summed E-state index contributed by atoms with van der Waals surface area (Å²) >= 11 is 0. The molecule has 0 radical (unpaired) electrons. The zero-order valence-corrected chi connectivity index (χ0v) is 11.4. The van der Waals surface area contributed by atoms with Crippen molar-refractivity contribution >= 4 is 12.0 Å². The second kappa shape index (κ2) is 6.78. The van der Waals surface area contributed by atoms with Gasteiger partial charge in [-0.3, -0.25) is 4.79 Å². The first-order valence-corrected chi connectivity index (χ1v) is 7.41. The Kier molecular flexibility index (Phi) is 5.05. The molecule has 2 fully saturated rings. The molecular weight excluding hydrogens is 244 g/mol. The van der Waals surface area contributed by atoms with Crippen LogP contribution >= 0.6 is 0 Å². The second-order valence-corrected chi connectivity index (χ2v) is 5.88. The van der Waals surface area contributed by atoms with Gasteiger partial charge in [0.05, 0.1) is 5.92 Å². The van der Waals surface area contributed by atoms with Crippen molar-refractivity contribution in [1.82, 2.24) is 10.6 Å². The fourth-order valence-electron chi connectivity index (χ4n) is 3.00. The summed E-state index contributed by atoms with van der Waals surface area (Å²) in [5, 5.41) is 14.9. The van der Waals surface area contributed by atoms with Crippen LogP contribution in [0.5, 0.6) is 0 Å². The molecule has 0 spiro atoms. The second-order valence-electron chi connectivity index (χ2n) is 5.88. The summed E-state index contributed by atoms with van der Waals surface area (Å²) in [7, 11) is 0. The Balaban J connectivity index is 1.67. The van der Waals surface area contributed by atoms with Crippen molar-refractivity contribution in [1.29, 1.82) is 0 Å². The van der Waals surface area contributed by atoms with Gasteiger partial charge in [0.15, 0.2) is 0 Å². The fourth-order valence-corrected chi connectivity index (χ4v) is 3.00. The number of nitrogens with one attached hydrogen (secondary N) is 2. The zero-order valence-electron chi connectivity index (χ0n) is 11.4. The summed E-state index contributed by atoms with van der Waals surface area (Å²) in [5.74, 6) is -0.282. The number of carboxylic acids is 1. The first-order valence-electron chi connectivity index (χ1n) is 7.41. The molecule has 0 aromatic rings.